The minimum Gasteiger partial charge on any atom is -0.348 e. The van der Waals surface area contributed by atoms with Crippen LogP contribution in [0, 0.1) is 0 Å². The fourth-order valence-corrected chi connectivity index (χ4v) is 5.46. The molecule has 1 amide bonds. The molecule has 8 heteroatoms. The Morgan fingerprint density at radius 2 is 1.77 bits per heavy atom. The molecule has 0 saturated carbocycles. The third kappa shape index (κ3) is 4.13. The van der Waals surface area contributed by atoms with Crippen molar-refractivity contribution in [3.63, 3.8) is 0 Å². The number of sulfonamides is 1. The molecule has 1 aliphatic heterocycles. The number of amides is 1. The first-order valence-electron chi connectivity index (χ1n) is 10.4. The molecule has 1 aliphatic rings. The molecule has 1 N–H and O–H groups in total. The van der Waals surface area contributed by atoms with E-state index in [1.165, 1.54) is 16.4 Å². The molecule has 0 radical (unpaired) electrons. The summed E-state index contributed by atoms with van der Waals surface area (Å²) in [6.07, 6.45) is 3.21. The van der Waals surface area contributed by atoms with E-state index in [9.17, 15) is 18.0 Å². The Labute approximate surface area is 181 Å². The maximum atomic E-state index is 13.2. The maximum absolute atomic E-state index is 13.2. The Morgan fingerprint density at radius 3 is 2.45 bits per heavy atom. The zero-order valence-corrected chi connectivity index (χ0v) is 18.2. The van der Waals surface area contributed by atoms with E-state index in [1.807, 2.05) is 37.3 Å². The number of benzene rings is 2. The van der Waals surface area contributed by atoms with Crippen LogP contribution < -0.4 is 10.7 Å². The zero-order chi connectivity index (χ0) is 22.0. The molecular weight excluding hydrogens is 414 g/mol. The number of hydrogen-bond acceptors (Lipinski definition) is 4. The summed E-state index contributed by atoms with van der Waals surface area (Å²) in [5, 5.41) is 3.01. The third-order valence-electron chi connectivity index (χ3n) is 5.64. The Balaban J connectivity index is 1.74. The van der Waals surface area contributed by atoms with Gasteiger partial charge in [-0.3, -0.25) is 9.59 Å². The molecule has 0 aliphatic carbocycles. The molecule has 1 aromatic heterocycles. The van der Waals surface area contributed by atoms with Gasteiger partial charge in [-0.1, -0.05) is 30.3 Å². The minimum absolute atomic E-state index is 0.000927. The third-order valence-corrected chi connectivity index (χ3v) is 7.53. The highest BCUT2D eigenvalue weighted by molar-refractivity contribution is 7.89. The lowest BCUT2D eigenvalue weighted by atomic mass is 10.1. The number of aromatic nitrogens is 1. The first-order chi connectivity index (χ1) is 14.9. The molecule has 162 valence electrons. The van der Waals surface area contributed by atoms with Gasteiger partial charge < -0.3 is 9.88 Å². The van der Waals surface area contributed by atoms with Gasteiger partial charge in [-0.25, -0.2) is 8.42 Å². The van der Waals surface area contributed by atoms with Gasteiger partial charge in [0.2, 0.25) is 15.5 Å². The minimum atomic E-state index is -3.66. The van der Waals surface area contributed by atoms with Crippen LogP contribution in [0.4, 0.5) is 0 Å². The van der Waals surface area contributed by atoms with E-state index < -0.39 is 21.4 Å². The van der Waals surface area contributed by atoms with Crippen molar-refractivity contribution in [1.82, 2.24) is 14.2 Å². The number of nitrogens with one attached hydrogen (secondary N) is 1. The van der Waals surface area contributed by atoms with E-state index >= 15 is 0 Å². The zero-order valence-electron chi connectivity index (χ0n) is 17.4. The molecule has 0 bridgehead atoms. The topological polar surface area (TPSA) is 88.5 Å². The number of carbonyl (C=O) groups is 1. The lowest BCUT2D eigenvalue weighted by Crippen LogP contribution is -2.30. The van der Waals surface area contributed by atoms with Gasteiger partial charge in [0, 0.05) is 37.8 Å². The molecule has 2 aromatic carbocycles. The summed E-state index contributed by atoms with van der Waals surface area (Å²) in [5.41, 5.74) is 1.06. The van der Waals surface area contributed by atoms with Gasteiger partial charge in [0.05, 0.1) is 10.4 Å². The van der Waals surface area contributed by atoms with Gasteiger partial charge in [0.1, 0.15) is 5.56 Å². The summed E-state index contributed by atoms with van der Waals surface area (Å²) in [6, 6.07) is 14.0. The van der Waals surface area contributed by atoms with Crippen LogP contribution >= 0.6 is 0 Å². The number of aryl methyl sites for hydroxylation is 1. The normalized spacial score (nSPS) is 14.7. The van der Waals surface area contributed by atoms with Crippen LogP contribution in [0.3, 0.4) is 0 Å². The van der Waals surface area contributed by atoms with Crippen LogP contribution in [0.25, 0.3) is 10.9 Å². The van der Waals surface area contributed by atoms with Crippen LogP contribution in [-0.4, -0.2) is 36.3 Å². The van der Waals surface area contributed by atoms with Gasteiger partial charge in [0.25, 0.3) is 5.91 Å². The molecule has 1 saturated heterocycles. The quantitative estimate of drug-likeness (QED) is 0.640. The lowest BCUT2D eigenvalue weighted by Gasteiger charge is -2.17. The van der Waals surface area contributed by atoms with E-state index in [0.717, 1.165) is 18.4 Å². The summed E-state index contributed by atoms with van der Waals surface area (Å²) in [4.78, 5) is 26.0. The summed E-state index contributed by atoms with van der Waals surface area (Å²) in [6.45, 7) is 3.72. The van der Waals surface area contributed by atoms with E-state index in [-0.39, 0.29) is 15.8 Å². The number of nitrogens with zero attached hydrogens (tertiary/aromatic N) is 2. The average Bonchev–Trinajstić information content (AvgIpc) is 3.34. The van der Waals surface area contributed by atoms with E-state index in [2.05, 4.69) is 5.32 Å². The number of carbonyl (C=O) groups excluding carboxylic acids is 1. The van der Waals surface area contributed by atoms with Crippen molar-refractivity contribution >= 4 is 26.8 Å². The predicted molar refractivity (Wildman–Crippen MR) is 119 cm³/mol. The van der Waals surface area contributed by atoms with Crippen LogP contribution in [0.1, 0.15) is 35.7 Å². The fourth-order valence-electron chi connectivity index (χ4n) is 3.91. The Hall–Kier alpha value is -2.97. The number of rotatable bonds is 6. The highest BCUT2D eigenvalue weighted by atomic mass is 32.2. The van der Waals surface area contributed by atoms with Crippen molar-refractivity contribution < 1.29 is 13.2 Å². The summed E-state index contributed by atoms with van der Waals surface area (Å²) in [7, 11) is -3.66. The van der Waals surface area contributed by atoms with Crippen LogP contribution in [0.5, 0.6) is 0 Å². The Bertz CT molecular complexity index is 1280. The molecule has 3 aromatic rings. The Morgan fingerprint density at radius 1 is 1.06 bits per heavy atom. The van der Waals surface area contributed by atoms with Crippen molar-refractivity contribution in [2.75, 3.05) is 13.1 Å². The molecule has 0 atom stereocenters. The van der Waals surface area contributed by atoms with E-state index in [4.69, 9.17) is 0 Å². The summed E-state index contributed by atoms with van der Waals surface area (Å²) >= 11 is 0. The van der Waals surface area contributed by atoms with Crippen LogP contribution in [0.2, 0.25) is 0 Å². The second-order valence-electron chi connectivity index (χ2n) is 7.62. The van der Waals surface area contributed by atoms with Crippen molar-refractivity contribution in [2.45, 2.75) is 37.8 Å². The van der Waals surface area contributed by atoms with E-state index in [0.29, 0.717) is 31.7 Å². The average molecular weight is 440 g/mol. The second-order valence-corrected chi connectivity index (χ2v) is 9.55. The largest absolute Gasteiger partial charge is 0.348 e. The molecule has 0 spiro atoms. The van der Waals surface area contributed by atoms with Gasteiger partial charge in [-0.15, -0.1) is 0 Å². The number of pyridine rings is 1. The van der Waals surface area contributed by atoms with Crippen LogP contribution in [-0.2, 0) is 23.1 Å². The van der Waals surface area contributed by atoms with Gasteiger partial charge in [-0.2, -0.15) is 4.31 Å². The predicted octanol–water partition coefficient (Wildman–Crippen LogP) is 2.74. The van der Waals surface area contributed by atoms with Gasteiger partial charge >= 0.3 is 0 Å². The molecular formula is C23H25N3O4S. The van der Waals surface area contributed by atoms with Crippen molar-refractivity contribution in [3.05, 3.63) is 76.1 Å². The van der Waals surface area contributed by atoms with Crippen molar-refractivity contribution in [3.8, 4) is 0 Å². The van der Waals surface area contributed by atoms with Crippen LogP contribution in [0.15, 0.2) is 64.4 Å². The van der Waals surface area contributed by atoms with Crippen molar-refractivity contribution in [1.29, 1.82) is 0 Å². The number of fused-ring (bicyclic) bond motifs is 1. The van der Waals surface area contributed by atoms with Gasteiger partial charge in [-0.05, 0) is 43.5 Å². The first-order valence-corrected chi connectivity index (χ1v) is 11.9. The molecule has 4 rings (SSSR count). The Kier molecular flexibility index (Phi) is 5.93. The standard InChI is InChI=1S/C23H25N3O4S/c1-2-25-16-20(23(28)24-15-17-8-4-3-5-9-17)22(27)19-14-18(10-11-21(19)25)31(29,30)26-12-6-7-13-26/h3-5,8-11,14,16H,2,6-7,12-13,15H2,1H3,(H,24,28). The molecule has 31 heavy (non-hydrogen) atoms. The fraction of sp³-hybridized carbons (Fsp3) is 0.304. The molecule has 0 unspecified atom stereocenters. The summed E-state index contributed by atoms with van der Waals surface area (Å²) in [5.74, 6) is -0.481. The van der Waals surface area contributed by atoms with Gasteiger partial charge in [0.15, 0.2) is 0 Å². The second kappa shape index (κ2) is 8.64. The molecule has 1 fully saturated rings. The summed E-state index contributed by atoms with van der Waals surface area (Å²) < 4.78 is 29.2. The maximum Gasteiger partial charge on any atom is 0.257 e. The SMILES string of the molecule is CCn1cc(C(=O)NCc2ccccc2)c(=O)c2cc(S(=O)(=O)N3CCCC3)ccc21. The lowest BCUT2D eigenvalue weighted by molar-refractivity contribution is 0.0949. The van der Waals surface area contributed by atoms with Crippen molar-refractivity contribution in [2.24, 2.45) is 0 Å². The molecule has 7 nitrogen and oxygen atoms in total. The van der Waals surface area contributed by atoms with E-state index in [1.54, 1.807) is 16.8 Å². The monoisotopic (exact) mass is 439 g/mol. The highest BCUT2D eigenvalue weighted by Crippen LogP contribution is 2.24. The highest BCUT2D eigenvalue weighted by Gasteiger charge is 2.28. The molecule has 2 heterocycles. The smallest absolute Gasteiger partial charge is 0.257 e. The number of hydrogen-bond donors (Lipinski definition) is 1. The first kappa shape index (κ1) is 21.3.